The maximum atomic E-state index is 12.6. The third-order valence-electron chi connectivity index (χ3n) is 5.14. The van der Waals surface area contributed by atoms with Crippen molar-refractivity contribution in [2.45, 2.75) is 13.0 Å². The number of nitrogens with zero attached hydrogens (tertiary/aromatic N) is 2. The highest BCUT2D eigenvalue weighted by Gasteiger charge is 2.24. The summed E-state index contributed by atoms with van der Waals surface area (Å²) in [5.74, 6) is 0.755. The number of hydrogen-bond donors (Lipinski definition) is 2. The number of methoxy groups -OCH3 is 2. The first-order valence-corrected chi connectivity index (χ1v) is 10.4. The first kappa shape index (κ1) is 22.6. The highest BCUT2D eigenvalue weighted by molar-refractivity contribution is 6.30. The summed E-state index contributed by atoms with van der Waals surface area (Å²) in [4.78, 5) is 29.1. The summed E-state index contributed by atoms with van der Waals surface area (Å²) in [5, 5.41) is 6.23. The van der Waals surface area contributed by atoms with E-state index in [2.05, 4.69) is 15.5 Å². The molecule has 2 N–H and O–H groups in total. The second-order valence-corrected chi connectivity index (χ2v) is 7.62. The van der Waals surface area contributed by atoms with Crippen molar-refractivity contribution < 1.29 is 19.1 Å². The number of carbonyl (C=O) groups is 2. The Kier molecular flexibility index (Phi) is 7.46. The van der Waals surface area contributed by atoms with Gasteiger partial charge in [0, 0.05) is 43.0 Å². The van der Waals surface area contributed by atoms with Crippen LogP contribution in [0, 0.1) is 0 Å². The van der Waals surface area contributed by atoms with Gasteiger partial charge in [0.2, 0.25) is 5.91 Å². The lowest BCUT2D eigenvalue weighted by Gasteiger charge is -2.36. The number of ether oxygens (including phenoxy) is 2. The molecular formula is C22H27ClN4O4. The predicted molar refractivity (Wildman–Crippen MR) is 121 cm³/mol. The van der Waals surface area contributed by atoms with Crippen LogP contribution in [0.3, 0.4) is 0 Å². The molecule has 0 aliphatic carbocycles. The molecule has 0 saturated carbocycles. The molecule has 8 nitrogen and oxygen atoms in total. The molecule has 0 bridgehead atoms. The van der Waals surface area contributed by atoms with Gasteiger partial charge < -0.3 is 29.9 Å². The van der Waals surface area contributed by atoms with E-state index < -0.39 is 6.04 Å². The van der Waals surface area contributed by atoms with Crippen LogP contribution in [0.15, 0.2) is 42.5 Å². The van der Waals surface area contributed by atoms with E-state index in [4.69, 9.17) is 21.1 Å². The molecule has 3 amide bonds. The van der Waals surface area contributed by atoms with Gasteiger partial charge in [-0.1, -0.05) is 17.7 Å². The maximum absolute atomic E-state index is 12.6. The molecule has 1 aliphatic rings. The molecule has 2 aromatic carbocycles. The molecule has 3 rings (SSSR count). The average molecular weight is 447 g/mol. The van der Waals surface area contributed by atoms with E-state index in [0.717, 1.165) is 5.69 Å². The number of nitrogens with one attached hydrogen (secondary N) is 2. The summed E-state index contributed by atoms with van der Waals surface area (Å²) in [7, 11) is 3.07. The van der Waals surface area contributed by atoms with E-state index >= 15 is 0 Å². The molecule has 166 valence electrons. The monoisotopic (exact) mass is 446 g/mol. The van der Waals surface area contributed by atoms with Crippen LogP contribution in [-0.4, -0.2) is 63.3 Å². The molecular weight excluding hydrogens is 420 g/mol. The van der Waals surface area contributed by atoms with E-state index in [1.165, 1.54) is 7.11 Å². The van der Waals surface area contributed by atoms with Gasteiger partial charge in [-0.2, -0.15) is 0 Å². The number of amides is 3. The molecule has 9 heteroatoms. The van der Waals surface area contributed by atoms with Crippen molar-refractivity contribution in [2.24, 2.45) is 0 Å². The Labute approximate surface area is 187 Å². The van der Waals surface area contributed by atoms with Gasteiger partial charge in [-0.05, 0) is 37.3 Å². The number of piperazine rings is 1. The summed E-state index contributed by atoms with van der Waals surface area (Å²) in [6, 6.07) is 11.8. The van der Waals surface area contributed by atoms with Crippen LogP contribution in [0.5, 0.6) is 11.5 Å². The van der Waals surface area contributed by atoms with Crippen molar-refractivity contribution in [1.82, 2.24) is 10.2 Å². The summed E-state index contributed by atoms with van der Waals surface area (Å²) in [5.41, 5.74) is 1.54. The minimum Gasteiger partial charge on any atom is -0.497 e. The smallest absolute Gasteiger partial charge is 0.318 e. The predicted octanol–water partition coefficient (Wildman–Crippen LogP) is 3.22. The average Bonchev–Trinajstić information content (AvgIpc) is 2.79. The number of rotatable bonds is 6. The second-order valence-electron chi connectivity index (χ2n) is 7.18. The first-order chi connectivity index (χ1) is 14.9. The number of benzene rings is 2. The quantitative estimate of drug-likeness (QED) is 0.711. The fourth-order valence-corrected chi connectivity index (χ4v) is 3.51. The zero-order valence-corrected chi connectivity index (χ0v) is 18.6. The largest absolute Gasteiger partial charge is 0.497 e. The normalized spacial score (nSPS) is 14.6. The van der Waals surface area contributed by atoms with E-state index in [9.17, 15) is 9.59 Å². The van der Waals surface area contributed by atoms with Gasteiger partial charge in [0.25, 0.3) is 0 Å². The summed E-state index contributed by atoms with van der Waals surface area (Å²) >= 11 is 6.07. The molecule has 0 aromatic heterocycles. The Morgan fingerprint density at radius 2 is 1.77 bits per heavy atom. The molecule has 1 heterocycles. The summed E-state index contributed by atoms with van der Waals surface area (Å²) in [6.07, 6.45) is 0. The Hall–Kier alpha value is -3.13. The van der Waals surface area contributed by atoms with Crippen molar-refractivity contribution in [1.29, 1.82) is 0 Å². The molecule has 0 radical (unpaired) electrons. The molecule has 0 spiro atoms. The van der Waals surface area contributed by atoms with Crippen molar-refractivity contribution >= 4 is 34.9 Å². The standard InChI is InChI=1S/C22H27ClN4O4/c1-15(21(28)25-19-8-7-18(30-2)14-20(19)31-3)24-22(29)27-11-9-26(10-12-27)17-6-4-5-16(23)13-17/h4-8,13-15H,9-12H2,1-3H3,(H,24,29)(H,25,28). The Morgan fingerprint density at radius 3 is 2.42 bits per heavy atom. The van der Waals surface area contributed by atoms with Crippen molar-refractivity contribution in [2.75, 3.05) is 50.6 Å². The van der Waals surface area contributed by atoms with Crippen LogP contribution in [0.1, 0.15) is 6.92 Å². The minimum absolute atomic E-state index is 0.268. The van der Waals surface area contributed by atoms with Crippen LogP contribution >= 0.6 is 11.6 Å². The number of halogens is 1. The van der Waals surface area contributed by atoms with Crippen molar-refractivity contribution in [3.05, 3.63) is 47.5 Å². The van der Waals surface area contributed by atoms with E-state index in [1.54, 1.807) is 37.1 Å². The van der Waals surface area contributed by atoms with Crippen molar-refractivity contribution in [3.63, 3.8) is 0 Å². The third kappa shape index (κ3) is 5.73. The number of anilines is 2. The van der Waals surface area contributed by atoms with Gasteiger partial charge in [0.1, 0.15) is 17.5 Å². The van der Waals surface area contributed by atoms with Gasteiger partial charge in [-0.3, -0.25) is 4.79 Å². The molecule has 1 aliphatic heterocycles. The highest BCUT2D eigenvalue weighted by atomic mass is 35.5. The lowest BCUT2D eigenvalue weighted by atomic mass is 10.2. The van der Waals surface area contributed by atoms with Gasteiger partial charge in [0.05, 0.1) is 19.9 Å². The minimum atomic E-state index is -0.717. The van der Waals surface area contributed by atoms with Gasteiger partial charge in [0.15, 0.2) is 0 Å². The molecule has 1 fully saturated rings. The second kappa shape index (κ2) is 10.3. The molecule has 1 saturated heterocycles. The lowest BCUT2D eigenvalue weighted by Crippen LogP contribution is -2.54. The van der Waals surface area contributed by atoms with E-state index in [-0.39, 0.29) is 11.9 Å². The Morgan fingerprint density at radius 1 is 1.03 bits per heavy atom. The number of carbonyl (C=O) groups excluding carboxylic acids is 2. The highest BCUT2D eigenvalue weighted by Crippen LogP contribution is 2.29. The lowest BCUT2D eigenvalue weighted by molar-refractivity contribution is -0.117. The zero-order valence-electron chi connectivity index (χ0n) is 17.9. The maximum Gasteiger partial charge on any atom is 0.318 e. The topological polar surface area (TPSA) is 83.1 Å². The molecule has 1 atom stereocenters. The van der Waals surface area contributed by atoms with Crippen molar-refractivity contribution in [3.8, 4) is 11.5 Å². The molecule has 1 unspecified atom stereocenters. The number of urea groups is 1. The molecule has 2 aromatic rings. The fraction of sp³-hybridized carbons (Fsp3) is 0.364. The van der Waals surface area contributed by atoms with Gasteiger partial charge in [-0.25, -0.2) is 4.79 Å². The Bertz CT molecular complexity index is 931. The Balaban J connectivity index is 1.52. The fourth-order valence-electron chi connectivity index (χ4n) is 3.33. The third-order valence-corrected chi connectivity index (χ3v) is 5.38. The first-order valence-electron chi connectivity index (χ1n) is 10.00. The summed E-state index contributed by atoms with van der Waals surface area (Å²) in [6.45, 7) is 4.14. The summed E-state index contributed by atoms with van der Waals surface area (Å²) < 4.78 is 10.5. The van der Waals surface area contributed by atoms with Crippen LogP contribution in [0.2, 0.25) is 5.02 Å². The van der Waals surface area contributed by atoms with E-state index in [0.29, 0.717) is 48.4 Å². The zero-order chi connectivity index (χ0) is 22.4. The van der Waals surface area contributed by atoms with Crippen LogP contribution in [-0.2, 0) is 4.79 Å². The van der Waals surface area contributed by atoms with Crippen LogP contribution in [0.25, 0.3) is 0 Å². The van der Waals surface area contributed by atoms with Gasteiger partial charge in [-0.15, -0.1) is 0 Å². The van der Waals surface area contributed by atoms with Gasteiger partial charge >= 0.3 is 6.03 Å². The molecule has 31 heavy (non-hydrogen) atoms. The number of hydrogen-bond acceptors (Lipinski definition) is 5. The van der Waals surface area contributed by atoms with E-state index in [1.807, 2.05) is 24.3 Å². The van der Waals surface area contributed by atoms with Crippen LogP contribution < -0.4 is 25.0 Å². The SMILES string of the molecule is COc1ccc(NC(=O)C(C)NC(=O)N2CCN(c3cccc(Cl)c3)CC2)c(OC)c1. The van der Waals surface area contributed by atoms with Crippen LogP contribution in [0.4, 0.5) is 16.2 Å².